The predicted octanol–water partition coefficient (Wildman–Crippen LogP) is 0.843. The summed E-state index contributed by atoms with van der Waals surface area (Å²) in [6.07, 6.45) is 0. The summed E-state index contributed by atoms with van der Waals surface area (Å²) in [4.78, 5) is 12.1. The smallest absolute Gasteiger partial charge is 0.258 e. The molecule has 1 atom stereocenters. The SMILES string of the molecule is CN(N)C(=O)C(N)c1ccc(Br)s1. The molecule has 0 saturated carbocycles. The number of nitrogens with two attached hydrogens (primary N) is 2. The van der Waals surface area contributed by atoms with Gasteiger partial charge in [0.2, 0.25) is 0 Å². The van der Waals surface area contributed by atoms with Gasteiger partial charge in [0.15, 0.2) is 0 Å². The second-order valence-corrected chi connectivity index (χ2v) is 5.06. The molecular weight excluding hydrogens is 254 g/mol. The molecule has 6 heteroatoms. The third kappa shape index (κ3) is 2.50. The molecule has 1 heterocycles. The third-order valence-electron chi connectivity index (χ3n) is 1.51. The van der Waals surface area contributed by atoms with E-state index < -0.39 is 6.04 Å². The highest BCUT2D eigenvalue weighted by molar-refractivity contribution is 9.11. The number of halogens is 1. The standard InChI is InChI=1S/C7H10BrN3OS/c1-11(10)7(12)6(9)4-2-3-5(8)13-4/h2-3,6H,9-10H2,1H3. The van der Waals surface area contributed by atoms with E-state index in [0.29, 0.717) is 0 Å². The van der Waals surface area contributed by atoms with Crippen molar-refractivity contribution in [1.29, 1.82) is 0 Å². The molecular formula is C7H10BrN3OS. The topological polar surface area (TPSA) is 72.3 Å². The first kappa shape index (κ1) is 10.6. The van der Waals surface area contributed by atoms with Crippen LogP contribution in [0.2, 0.25) is 0 Å². The molecule has 13 heavy (non-hydrogen) atoms. The molecule has 0 fully saturated rings. The van der Waals surface area contributed by atoms with E-state index in [1.165, 1.54) is 18.4 Å². The number of rotatable bonds is 2. The van der Waals surface area contributed by atoms with Crippen molar-refractivity contribution < 1.29 is 4.79 Å². The van der Waals surface area contributed by atoms with Crippen LogP contribution in [0.3, 0.4) is 0 Å². The minimum absolute atomic E-state index is 0.297. The molecule has 0 aliphatic heterocycles. The zero-order chi connectivity index (χ0) is 10.0. The van der Waals surface area contributed by atoms with Crippen molar-refractivity contribution in [2.75, 3.05) is 7.05 Å². The van der Waals surface area contributed by atoms with Crippen LogP contribution >= 0.6 is 27.3 Å². The number of likely N-dealkylation sites (N-methyl/N-ethyl adjacent to an activating group) is 1. The number of hydrogen-bond donors (Lipinski definition) is 2. The Balaban J connectivity index is 2.79. The van der Waals surface area contributed by atoms with Crippen LogP contribution < -0.4 is 11.6 Å². The van der Waals surface area contributed by atoms with E-state index >= 15 is 0 Å². The van der Waals surface area contributed by atoms with Crippen LogP contribution in [0.4, 0.5) is 0 Å². The number of carbonyl (C=O) groups excluding carboxylic acids is 1. The highest BCUT2D eigenvalue weighted by Gasteiger charge is 2.19. The van der Waals surface area contributed by atoms with Gasteiger partial charge in [0.05, 0.1) is 3.79 Å². The molecule has 1 rings (SSSR count). The van der Waals surface area contributed by atoms with Gasteiger partial charge in [0.25, 0.3) is 5.91 Å². The molecule has 1 unspecified atom stereocenters. The van der Waals surface area contributed by atoms with Gasteiger partial charge in [-0.2, -0.15) is 0 Å². The second-order valence-electron chi connectivity index (χ2n) is 2.57. The van der Waals surface area contributed by atoms with Crippen LogP contribution in [0.25, 0.3) is 0 Å². The third-order valence-corrected chi connectivity index (χ3v) is 3.22. The molecule has 0 spiro atoms. The normalized spacial score (nSPS) is 12.6. The zero-order valence-corrected chi connectivity index (χ0v) is 9.43. The van der Waals surface area contributed by atoms with Gasteiger partial charge >= 0.3 is 0 Å². The van der Waals surface area contributed by atoms with E-state index in [1.54, 1.807) is 6.07 Å². The van der Waals surface area contributed by atoms with E-state index in [1.807, 2.05) is 6.07 Å². The number of nitrogens with zero attached hydrogens (tertiary/aromatic N) is 1. The maximum Gasteiger partial charge on any atom is 0.258 e. The summed E-state index contributed by atoms with van der Waals surface area (Å²) in [6.45, 7) is 0. The Hall–Kier alpha value is -0.430. The number of amides is 1. The van der Waals surface area contributed by atoms with E-state index in [-0.39, 0.29) is 5.91 Å². The highest BCUT2D eigenvalue weighted by Crippen LogP contribution is 2.26. The van der Waals surface area contributed by atoms with Gasteiger partial charge in [-0.25, -0.2) is 5.84 Å². The summed E-state index contributed by atoms with van der Waals surface area (Å²) in [7, 11) is 1.48. The lowest BCUT2D eigenvalue weighted by atomic mass is 10.2. The first-order valence-corrected chi connectivity index (χ1v) is 5.16. The van der Waals surface area contributed by atoms with Gasteiger partial charge in [-0.1, -0.05) is 0 Å². The fourth-order valence-corrected chi connectivity index (χ4v) is 2.25. The molecule has 1 amide bonds. The summed E-state index contributed by atoms with van der Waals surface area (Å²) in [5.74, 6) is 4.98. The average Bonchev–Trinajstić information content (AvgIpc) is 2.49. The van der Waals surface area contributed by atoms with Crippen LogP contribution in [-0.4, -0.2) is 18.0 Å². The Morgan fingerprint density at radius 3 is 2.69 bits per heavy atom. The molecule has 1 aromatic heterocycles. The molecule has 0 saturated heterocycles. The molecule has 0 aromatic carbocycles. The summed E-state index contributed by atoms with van der Waals surface area (Å²) >= 11 is 4.72. The fourth-order valence-electron chi connectivity index (χ4n) is 0.837. The molecule has 0 radical (unpaired) electrons. The Labute approximate surface area is 88.6 Å². The monoisotopic (exact) mass is 263 g/mol. The van der Waals surface area contributed by atoms with Crippen molar-refractivity contribution in [3.05, 3.63) is 20.8 Å². The van der Waals surface area contributed by atoms with Gasteiger partial charge in [-0.15, -0.1) is 11.3 Å². The Bertz CT molecular complexity index is 312. The summed E-state index contributed by atoms with van der Waals surface area (Å²) in [5, 5.41) is 0.998. The predicted molar refractivity (Wildman–Crippen MR) is 55.9 cm³/mol. The number of thiophene rings is 1. The van der Waals surface area contributed by atoms with Crippen molar-refractivity contribution in [1.82, 2.24) is 5.01 Å². The minimum atomic E-state index is -0.661. The molecule has 4 nitrogen and oxygen atoms in total. The Morgan fingerprint density at radius 2 is 2.31 bits per heavy atom. The summed E-state index contributed by atoms with van der Waals surface area (Å²) < 4.78 is 0.949. The number of hydrazine groups is 1. The van der Waals surface area contributed by atoms with E-state index in [0.717, 1.165) is 13.7 Å². The van der Waals surface area contributed by atoms with Crippen molar-refractivity contribution in [2.45, 2.75) is 6.04 Å². The van der Waals surface area contributed by atoms with Crippen molar-refractivity contribution in [3.8, 4) is 0 Å². The Kier molecular flexibility index (Phi) is 3.43. The molecule has 0 aliphatic carbocycles. The lowest BCUT2D eigenvalue weighted by molar-refractivity contribution is -0.131. The van der Waals surface area contributed by atoms with Crippen LogP contribution in [0.5, 0.6) is 0 Å². The number of hydrogen-bond acceptors (Lipinski definition) is 4. The zero-order valence-electron chi connectivity index (χ0n) is 7.03. The average molecular weight is 264 g/mol. The van der Waals surface area contributed by atoms with Crippen molar-refractivity contribution in [3.63, 3.8) is 0 Å². The minimum Gasteiger partial charge on any atom is -0.315 e. The maximum atomic E-state index is 11.3. The van der Waals surface area contributed by atoms with Crippen molar-refractivity contribution in [2.24, 2.45) is 11.6 Å². The first-order chi connectivity index (χ1) is 6.02. The van der Waals surface area contributed by atoms with Gasteiger partial charge in [0.1, 0.15) is 6.04 Å². The molecule has 0 aliphatic rings. The lowest BCUT2D eigenvalue weighted by Gasteiger charge is -2.14. The molecule has 0 bridgehead atoms. The first-order valence-electron chi connectivity index (χ1n) is 3.55. The quantitative estimate of drug-likeness (QED) is 0.472. The van der Waals surface area contributed by atoms with Gasteiger partial charge < -0.3 is 5.73 Å². The second kappa shape index (κ2) is 4.19. The van der Waals surface area contributed by atoms with Gasteiger partial charge in [-0.05, 0) is 28.1 Å². The van der Waals surface area contributed by atoms with Crippen LogP contribution in [-0.2, 0) is 4.79 Å². The summed E-state index contributed by atoms with van der Waals surface area (Å²) in [6, 6.07) is 3.00. The van der Waals surface area contributed by atoms with E-state index in [4.69, 9.17) is 11.6 Å². The summed E-state index contributed by atoms with van der Waals surface area (Å²) in [5.41, 5.74) is 5.67. The molecule has 1 aromatic rings. The number of carbonyl (C=O) groups is 1. The maximum absolute atomic E-state index is 11.3. The van der Waals surface area contributed by atoms with Crippen LogP contribution in [0, 0.1) is 0 Å². The van der Waals surface area contributed by atoms with Crippen LogP contribution in [0.15, 0.2) is 15.9 Å². The molecule has 4 N–H and O–H groups in total. The van der Waals surface area contributed by atoms with E-state index in [9.17, 15) is 4.79 Å². The molecule has 72 valence electrons. The van der Waals surface area contributed by atoms with E-state index in [2.05, 4.69) is 15.9 Å². The van der Waals surface area contributed by atoms with Crippen LogP contribution in [0.1, 0.15) is 10.9 Å². The van der Waals surface area contributed by atoms with Crippen molar-refractivity contribution >= 4 is 33.2 Å². The largest absolute Gasteiger partial charge is 0.315 e. The van der Waals surface area contributed by atoms with Gasteiger partial charge in [0, 0.05) is 11.9 Å². The van der Waals surface area contributed by atoms with Gasteiger partial charge in [-0.3, -0.25) is 9.80 Å². The highest BCUT2D eigenvalue weighted by atomic mass is 79.9. The fraction of sp³-hybridized carbons (Fsp3) is 0.286. The Morgan fingerprint density at radius 1 is 1.69 bits per heavy atom. The lowest BCUT2D eigenvalue weighted by Crippen LogP contribution is -2.39.